The summed E-state index contributed by atoms with van der Waals surface area (Å²) in [7, 11) is 0. The van der Waals surface area contributed by atoms with Gasteiger partial charge in [-0.15, -0.1) is 0 Å². The van der Waals surface area contributed by atoms with E-state index in [0.29, 0.717) is 5.25 Å². The fourth-order valence-corrected chi connectivity index (χ4v) is 3.79. The van der Waals surface area contributed by atoms with E-state index in [1.54, 1.807) is 6.33 Å². The number of hydrogen-bond donors (Lipinski definition) is 1. The van der Waals surface area contributed by atoms with Crippen LogP contribution in [0.25, 0.3) is 0 Å². The van der Waals surface area contributed by atoms with Crippen LogP contribution in [0.5, 0.6) is 0 Å². The van der Waals surface area contributed by atoms with Crippen molar-refractivity contribution in [3.63, 3.8) is 0 Å². The average Bonchev–Trinajstić information content (AvgIpc) is 2.78. The second-order valence-corrected chi connectivity index (χ2v) is 6.35. The molecule has 1 aromatic heterocycles. The minimum atomic E-state index is 0.579. The monoisotopic (exact) mass is 263 g/mol. The molecule has 0 saturated heterocycles. The molecule has 1 aromatic carbocycles. The average molecular weight is 263 g/mol. The number of benzene rings is 1. The first kappa shape index (κ1) is 11.0. The van der Waals surface area contributed by atoms with Crippen molar-refractivity contribution in [2.24, 2.45) is 0 Å². The number of aryl methyl sites for hydroxylation is 1. The molecule has 88 valence electrons. The van der Waals surface area contributed by atoms with Crippen LogP contribution in [0, 0.1) is 0 Å². The van der Waals surface area contributed by atoms with Crippen molar-refractivity contribution in [2.75, 3.05) is 11.9 Å². The van der Waals surface area contributed by atoms with Crippen LogP contribution in [0.4, 0.5) is 5.69 Å². The van der Waals surface area contributed by atoms with Crippen LogP contribution < -0.4 is 5.32 Å². The lowest BCUT2D eigenvalue weighted by atomic mass is 10.1. The lowest BCUT2D eigenvalue weighted by Gasteiger charge is -2.11. The number of anilines is 1. The predicted octanol–water partition coefficient (Wildman–Crippen LogP) is 3.06. The molecular weight excluding hydrogens is 250 g/mol. The number of thioether (sulfide) groups is 1. The Hall–Kier alpha value is -1.07. The first-order valence-corrected chi connectivity index (χ1v) is 7.32. The van der Waals surface area contributed by atoms with Crippen LogP contribution in [0.15, 0.2) is 34.9 Å². The van der Waals surface area contributed by atoms with E-state index in [-0.39, 0.29) is 0 Å². The van der Waals surface area contributed by atoms with Gasteiger partial charge < -0.3 is 5.32 Å². The molecule has 1 aliphatic heterocycles. The highest BCUT2D eigenvalue weighted by Crippen LogP contribution is 2.30. The molecule has 1 unspecified atom stereocenters. The van der Waals surface area contributed by atoms with Crippen LogP contribution in [0.1, 0.15) is 12.0 Å². The van der Waals surface area contributed by atoms with Crippen LogP contribution in [-0.2, 0) is 6.42 Å². The molecule has 0 aliphatic carbocycles. The van der Waals surface area contributed by atoms with Crippen molar-refractivity contribution < 1.29 is 0 Å². The molecule has 3 rings (SSSR count). The molecule has 0 spiro atoms. The second-order valence-electron chi connectivity index (χ2n) is 4.02. The fourth-order valence-electron chi connectivity index (χ4n) is 2.01. The summed E-state index contributed by atoms with van der Waals surface area (Å²) in [4.78, 5) is 4.23. The van der Waals surface area contributed by atoms with E-state index >= 15 is 0 Å². The Labute approximate surface area is 109 Å². The molecule has 1 aliphatic rings. The largest absolute Gasteiger partial charge is 0.384 e. The molecule has 0 fully saturated rings. The van der Waals surface area contributed by atoms with Gasteiger partial charge >= 0.3 is 0 Å². The number of nitrogens with one attached hydrogen (secondary N) is 1. The Morgan fingerprint density at radius 3 is 3.18 bits per heavy atom. The van der Waals surface area contributed by atoms with E-state index in [1.165, 1.54) is 29.2 Å². The summed E-state index contributed by atoms with van der Waals surface area (Å²) < 4.78 is 5.11. The molecular formula is C12H13N3S2. The van der Waals surface area contributed by atoms with E-state index in [2.05, 4.69) is 38.9 Å². The predicted molar refractivity (Wildman–Crippen MR) is 72.8 cm³/mol. The zero-order chi connectivity index (χ0) is 11.5. The lowest BCUT2D eigenvalue weighted by molar-refractivity contribution is 0.802. The minimum absolute atomic E-state index is 0.579. The number of nitrogens with zero attached hydrogens (tertiary/aromatic N) is 2. The van der Waals surface area contributed by atoms with Gasteiger partial charge in [0.05, 0.1) is 0 Å². The molecule has 0 amide bonds. The van der Waals surface area contributed by atoms with Crippen molar-refractivity contribution in [3.05, 3.63) is 36.2 Å². The third kappa shape index (κ3) is 2.61. The third-order valence-corrected chi connectivity index (χ3v) is 4.90. The van der Waals surface area contributed by atoms with Gasteiger partial charge in [-0.3, -0.25) is 0 Å². The smallest absolute Gasteiger partial charge is 0.170 e. The molecule has 2 aromatic rings. The molecule has 1 N–H and O–H groups in total. The Kier molecular flexibility index (Phi) is 3.29. The first-order chi connectivity index (χ1) is 8.42. The van der Waals surface area contributed by atoms with Crippen LogP contribution in [0.3, 0.4) is 0 Å². The Bertz CT molecular complexity index is 457. The fraction of sp³-hybridized carbons (Fsp3) is 0.333. The van der Waals surface area contributed by atoms with Gasteiger partial charge in [-0.05, 0) is 36.0 Å². The van der Waals surface area contributed by atoms with Gasteiger partial charge in [0.25, 0.3) is 0 Å². The van der Waals surface area contributed by atoms with Gasteiger partial charge in [0.1, 0.15) is 6.33 Å². The van der Waals surface area contributed by atoms with Gasteiger partial charge in [-0.1, -0.05) is 30.0 Å². The number of hydrogen-bond acceptors (Lipinski definition) is 5. The quantitative estimate of drug-likeness (QED) is 0.903. The van der Waals surface area contributed by atoms with Gasteiger partial charge in [-0.2, -0.15) is 4.37 Å². The molecule has 0 bridgehead atoms. The maximum absolute atomic E-state index is 4.23. The Balaban J connectivity index is 1.69. The maximum atomic E-state index is 4.23. The maximum Gasteiger partial charge on any atom is 0.170 e. The number of para-hydroxylation sites is 1. The minimum Gasteiger partial charge on any atom is -0.384 e. The lowest BCUT2D eigenvalue weighted by Crippen LogP contribution is -2.14. The standard InChI is InChI=1S/C12H13N3S2/c1-2-4-11-9(3-1)5-6-10(7-13-11)16-12-14-8-15-17-12/h1-4,8,10,13H,5-7H2. The SMILES string of the molecule is c1ccc2c(c1)CCC(Sc1ncns1)CN2. The van der Waals surface area contributed by atoms with Crippen molar-refractivity contribution in [1.82, 2.24) is 9.36 Å². The topological polar surface area (TPSA) is 37.8 Å². The molecule has 1 atom stereocenters. The highest BCUT2D eigenvalue weighted by atomic mass is 32.2. The summed E-state index contributed by atoms with van der Waals surface area (Å²) in [5, 5.41) is 4.10. The highest BCUT2D eigenvalue weighted by molar-refractivity contribution is 8.01. The zero-order valence-electron chi connectivity index (χ0n) is 9.30. The summed E-state index contributed by atoms with van der Waals surface area (Å²) in [6.07, 6.45) is 3.96. The van der Waals surface area contributed by atoms with E-state index in [4.69, 9.17) is 0 Å². The van der Waals surface area contributed by atoms with E-state index in [9.17, 15) is 0 Å². The normalized spacial score (nSPS) is 19.2. The van der Waals surface area contributed by atoms with Crippen LogP contribution >= 0.6 is 23.3 Å². The van der Waals surface area contributed by atoms with Crippen LogP contribution in [0.2, 0.25) is 0 Å². The molecule has 2 heterocycles. The van der Waals surface area contributed by atoms with Crippen molar-refractivity contribution in [1.29, 1.82) is 0 Å². The number of rotatable bonds is 2. The van der Waals surface area contributed by atoms with Gasteiger partial charge in [0.15, 0.2) is 4.34 Å². The summed E-state index contributed by atoms with van der Waals surface area (Å²) in [6.45, 7) is 1.00. The summed E-state index contributed by atoms with van der Waals surface area (Å²) in [5.74, 6) is 0. The first-order valence-electron chi connectivity index (χ1n) is 5.67. The summed E-state index contributed by atoms with van der Waals surface area (Å²) in [5.41, 5.74) is 2.71. The van der Waals surface area contributed by atoms with Crippen molar-refractivity contribution in [3.8, 4) is 0 Å². The molecule has 5 heteroatoms. The van der Waals surface area contributed by atoms with Crippen molar-refractivity contribution >= 4 is 29.0 Å². The van der Waals surface area contributed by atoms with Gasteiger partial charge in [0, 0.05) is 17.5 Å². The second kappa shape index (κ2) is 5.06. The molecule has 3 nitrogen and oxygen atoms in total. The van der Waals surface area contributed by atoms with E-state index in [0.717, 1.165) is 17.3 Å². The third-order valence-electron chi connectivity index (χ3n) is 2.88. The Morgan fingerprint density at radius 1 is 1.35 bits per heavy atom. The molecule has 0 radical (unpaired) electrons. The van der Waals surface area contributed by atoms with Gasteiger partial charge in [0.2, 0.25) is 0 Å². The number of aromatic nitrogens is 2. The van der Waals surface area contributed by atoms with Crippen molar-refractivity contribution in [2.45, 2.75) is 22.4 Å². The molecule has 0 saturated carbocycles. The Morgan fingerprint density at radius 2 is 2.29 bits per heavy atom. The van der Waals surface area contributed by atoms with Gasteiger partial charge in [-0.25, -0.2) is 4.98 Å². The summed E-state index contributed by atoms with van der Waals surface area (Å²) >= 11 is 3.32. The number of fused-ring (bicyclic) bond motifs is 1. The van der Waals surface area contributed by atoms with Crippen LogP contribution in [-0.4, -0.2) is 21.2 Å². The molecule has 17 heavy (non-hydrogen) atoms. The van der Waals surface area contributed by atoms with E-state index in [1.807, 2.05) is 11.8 Å². The summed E-state index contributed by atoms with van der Waals surface area (Å²) in [6, 6.07) is 8.57. The zero-order valence-corrected chi connectivity index (χ0v) is 10.9. The highest BCUT2D eigenvalue weighted by Gasteiger charge is 2.17. The van der Waals surface area contributed by atoms with E-state index < -0.39 is 0 Å².